The summed E-state index contributed by atoms with van der Waals surface area (Å²) in [4.78, 5) is 0. The largest absolute Gasteiger partial charge is 0.493 e. The zero-order valence-corrected chi connectivity index (χ0v) is 13.8. The van der Waals surface area contributed by atoms with Crippen LogP contribution in [0, 0.1) is 12.3 Å². The maximum Gasteiger partial charge on any atom is 0.161 e. The van der Waals surface area contributed by atoms with Crippen LogP contribution in [0.4, 0.5) is 0 Å². The van der Waals surface area contributed by atoms with Crippen molar-refractivity contribution < 1.29 is 9.47 Å². The van der Waals surface area contributed by atoms with Crippen LogP contribution >= 0.6 is 0 Å². The van der Waals surface area contributed by atoms with Gasteiger partial charge in [0.25, 0.3) is 0 Å². The second kappa shape index (κ2) is 7.53. The molecule has 1 aromatic rings. The third-order valence-corrected chi connectivity index (χ3v) is 3.97. The topological polar surface area (TPSA) is 30.5 Å². The minimum absolute atomic E-state index is 0.350. The van der Waals surface area contributed by atoms with Gasteiger partial charge in [0, 0.05) is 0 Å². The molecule has 0 aliphatic rings. The van der Waals surface area contributed by atoms with E-state index in [0.717, 1.165) is 24.5 Å². The molecule has 0 aromatic heterocycles. The van der Waals surface area contributed by atoms with Gasteiger partial charge in [-0.2, -0.15) is 0 Å². The minimum atomic E-state index is 0.350. The summed E-state index contributed by atoms with van der Waals surface area (Å²) in [5.74, 6) is 1.63. The van der Waals surface area contributed by atoms with Gasteiger partial charge in [0.15, 0.2) is 11.5 Å². The number of hydrogen-bond donors (Lipinski definition) is 1. The van der Waals surface area contributed by atoms with E-state index in [2.05, 4.69) is 38.2 Å². The van der Waals surface area contributed by atoms with Crippen LogP contribution in [0.25, 0.3) is 0 Å². The molecule has 0 radical (unpaired) electrons. The van der Waals surface area contributed by atoms with Crippen LogP contribution in [0.2, 0.25) is 0 Å². The van der Waals surface area contributed by atoms with Crippen molar-refractivity contribution in [1.29, 1.82) is 0 Å². The normalized spacial score (nSPS) is 11.5. The minimum Gasteiger partial charge on any atom is -0.493 e. The second-order valence-electron chi connectivity index (χ2n) is 6.15. The van der Waals surface area contributed by atoms with Crippen LogP contribution < -0.4 is 14.8 Å². The zero-order chi connectivity index (χ0) is 15.2. The molecule has 0 saturated heterocycles. The summed E-state index contributed by atoms with van der Waals surface area (Å²) in [7, 11) is 5.38. The molecule has 0 fully saturated rings. The Labute approximate surface area is 123 Å². The van der Waals surface area contributed by atoms with Crippen LogP contribution in [0.1, 0.15) is 37.8 Å². The smallest absolute Gasteiger partial charge is 0.161 e. The highest BCUT2D eigenvalue weighted by atomic mass is 16.5. The van der Waals surface area contributed by atoms with E-state index in [0.29, 0.717) is 5.41 Å². The van der Waals surface area contributed by atoms with Crippen molar-refractivity contribution in [2.24, 2.45) is 5.41 Å². The van der Waals surface area contributed by atoms with Gasteiger partial charge in [-0.15, -0.1) is 0 Å². The fraction of sp³-hybridized carbons (Fsp3) is 0.647. The third-order valence-electron chi connectivity index (χ3n) is 3.97. The summed E-state index contributed by atoms with van der Waals surface area (Å²) in [6.45, 7) is 7.87. The van der Waals surface area contributed by atoms with E-state index < -0.39 is 0 Å². The van der Waals surface area contributed by atoms with Crippen molar-refractivity contribution >= 4 is 0 Å². The Bertz CT molecular complexity index is 427. The molecule has 1 aromatic carbocycles. The van der Waals surface area contributed by atoms with Gasteiger partial charge < -0.3 is 14.8 Å². The maximum atomic E-state index is 5.39. The predicted octanol–water partition coefficient (Wildman–Crippen LogP) is 3.58. The molecule has 0 amide bonds. The SMILES string of the molecule is CNCCC(C)(C)CCc1cc(OC)c(OC)cc1C. The lowest BCUT2D eigenvalue weighted by molar-refractivity contribution is 0.305. The fourth-order valence-corrected chi connectivity index (χ4v) is 2.35. The van der Waals surface area contributed by atoms with Crippen molar-refractivity contribution in [3.63, 3.8) is 0 Å². The van der Waals surface area contributed by atoms with Crippen molar-refractivity contribution in [1.82, 2.24) is 5.32 Å². The molecule has 0 saturated carbocycles. The summed E-state index contributed by atoms with van der Waals surface area (Å²) in [5.41, 5.74) is 2.97. The first-order valence-electron chi connectivity index (χ1n) is 7.29. The maximum absolute atomic E-state index is 5.39. The summed E-state index contributed by atoms with van der Waals surface area (Å²) in [6, 6.07) is 4.18. The van der Waals surface area contributed by atoms with E-state index in [1.54, 1.807) is 14.2 Å². The number of aryl methyl sites for hydroxylation is 2. The number of ether oxygens (including phenoxy) is 2. The van der Waals surface area contributed by atoms with Gasteiger partial charge in [-0.3, -0.25) is 0 Å². The highest BCUT2D eigenvalue weighted by molar-refractivity contribution is 5.47. The van der Waals surface area contributed by atoms with E-state index in [1.165, 1.54) is 24.0 Å². The Balaban J connectivity index is 2.77. The van der Waals surface area contributed by atoms with E-state index in [-0.39, 0.29) is 0 Å². The van der Waals surface area contributed by atoms with Crippen LogP contribution in [0.15, 0.2) is 12.1 Å². The summed E-state index contributed by atoms with van der Waals surface area (Å²) in [6.07, 6.45) is 3.43. The van der Waals surface area contributed by atoms with Crippen LogP contribution in [-0.4, -0.2) is 27.8 Å². The average molecular weight is 279 g/mol. The first kappa shape index (κ1) is 16.8. The Morgan fingerprint density at radius 1 is 1.05 bits per heavy atom. The van der Waals surface area contributed by atoms with E-state index in [4.69, 9.17) is 9.47 Å². The van der Waals surface area contributed by atoms with E-state index in [9.17, 15) is 0 Å². The van der Waals surface area contributed by atoms with E-state index >= 15 is 0 Å². The van der Waals surface area contributed by atoms with Crippen LogP contribution in [0.5, 0.6) is 11.5 Å². The molecule has 0 aliphatic heterocycles. The molecular formula is C17H29NO2. The zero-order valence-electron chi connectivity index (χ0n) is 13.8. The van der Waals surface area contributed by atoms with E-state index in [1.807, 2.05) is 7.05 Å². The lowest BCUT2D eigenvalue weighted by atomic mass is 9.82. The molecule has 3 heteroatoms. The first-order valence-corrected chi connectivity index (χ1v) is 7.29. The Hall–Kier alpha value is -1.22. The molecule has 1 rings (SSSR count). The molecular weight excluding hydrogens is 250 g/mol. The standard InChI is InChI=1S/C17H29NO2/c1-13-11-15(19-5)16(20-6)12-14(13)7-8-17(2,3)9-10-18-4/h11-12,18H,7-10H2,1-6H3. The van der Waals surface area contributed by atoms with Crippen LogP contribution in [-0.2, 0) is 6.42 Å². The Morgan fingerprint density at radius 3 is 2.20 bits per heavy atom. The van der Waals surface area contributed by atoms with Crippen molar-refractivity contribution in [2.75, 3.05) is 27.8 Å². The molecule has 0 aliphatic carbocycles. The number of rotatable bonds is 8. The summed E-state index contributed by atoms with van der Waals surface area (Å²) < 4.78 is 10.7. The molecule has 0 spiro atoms. The van der Waals surface area contributed by atoms with Crippen molar-refractivity contribution in [3.8, 4) is 11.5 Å². The fourth-order valence-electron chi connectivity index (χ4n) is 2.35. The molecule has 0 atom stereocenters. The molecule has 3 nitrogen and oxygen atoms in total. The number of methoxy groups -OCH3 is 2. The summed E-state index contributed by atoms with van der Waals surface area (Å²) >= 11 is 0. The monoisotopic (exact) mass is 279 g/mol. The predicted molar refractivity (Wildman–Crippen MR) is 84.9 cm³/mol. The molecule has 20 heavy (non-hydrogen) atoms. The van der Waals surface area contributed by atoms with Gasteiger partial charge in [-0.25, -0.2) is 0 Å². The lowest BCUT2D eigenvalue weighted by Crippen LogP contribution is -2.20. The number of benzene rings is 1. The van der Waals surface area contributed by atoms with Gasteiger partial charge in [0.2, 0.25) is 0 Å². The Kier molecular flexibility index (Phi) is 6.34. The first-order chi connectivity index (χ1) is 9.43. The molecule has 114 valence electrons. The van der Waals surface area contributed by atoms with Crippen molar-refractivity contribution in [3.05, 3.63) is 23.3 Å². The van der Waals surface area contributed by atoms with Crippen molar-refractivity contribution in [2.45, 2.75) is 40.0 Å². The van der Waals surface area contributed by atoms with Crippen LogP contribution in [0.3, 0.4) is 0 Å². The average Bonchev–Trinajstić information content (AvgIpc) is 2.43. The summed E-state index contributed by atoms with van der Waals surface area (Å²) in [5, 5.41) is 3.23. The van der Waals surface area contributed by atoms with Gasteiger partial charge in [0.05, 0.1) is 14.2 Å². The van der Waals surface area contributed by atoms with Gasteiger partial charge >= 0.3 is 0 Å². The third kappa shape index (κ3) is 4.71. The molecule has 0 bridgehead atoms. The number of nitrogens with one attached hydrogen (secondary N) is 1. The van der Waals surface area contributed by atoms with Gasteiger partial charge in [-0.05, 0) is 68.5 Å². The second-order valence-corrected chi connectivity index (χ2v) is 6.15. The lowest BCUT2D eigenvalue weighted by Gasteiger charge is -2.25. The van der Waals surface area contributed by atoms with Gasteiger partial charge in [-0.1, -0.05) is 13.8 Å². The molecule has 0 heterocycles. The highest BCUT2D eigenvalue weighted by Crippen LogP contribution is 2.33. The molecule has 1 N–H and O–H groups in total. The molecule has 0 unspecified atom stereocenters. The quantitative estimate of drug-likeness (QED) is 0.789. The number of hydrogen-bond acceptors (Lipinski definition) is 3. The highest BCUT2D eigenvalue weighted by Gasteiger charge is 2.18. The van der Waals surface area contributed by atoms with Gasteiger partial charge in [0.1, 0.15) is 0 Å². The Morgan fingerprint density at radius 2 is 1.65 bits per heavy atom.